The Bertz CT molecular complexity index is 496. The van der Waals surface area contributed by atoms with E-state index in [0.29, 0.717) is 11.3 Å². The van der Waals surface area contributed by atoms with Crippen LogP contribution >= 0.6 is 12.2 Å². The van der Waals surface area contributed by atoms with Crippen LogP contribution < -0.4 is 11.1 Å². The number of rotatable bonds is 6. The minimum Gasteiger partial charge on any atom is -0.389 e. The number of anilines is 1. The van der Waals surface area contributed by atoms with E-state index in [1.807, 2.05) is 0 Å². The first-order valence-corrected chi connectivity index (χ1v) is 6.41. The van der Waals surface area contributed by atoms with Crippen molar-refractivity contribution in [1.29, 1.82) is 0 Å². The number of benzene rings is 1. The number of amides is 1. The summed E-state index contributed by atoms with van der Waals surface area (Å²) >= 11 is 4.85. The predicted molar refractivity (Wildman–Crippen MR) is 79.1 cm³/mol. The number of halogens is 2. The number of thiocarbonyl (C=S) groups is 1. The lowest BCUT2D eigenvalue weighted by Crippen LogP contribution is -2.41. The van der Waals surface area contributed by atoms with Crippen molar-refractivity contribution in [3.63, 3.8) is 0 Å². The van der Waals surface area contributed by atoms with Gasteiger partial charge in [-0.25, -0.2) is 8.78 Å². The van der Waals surface area contributed by atoms with E-state index in [4.69, 9.17) is 18.0 Å². The minimum absolute atomic E-state index is 0.226. The van der Waals surface area contributed by atoms with Gasteiger partial charge in [-0.3, -0.25) is 9.69 Å². The lowest BCUT2D eigenvalue weighted by molar-refractivity contribution is -0.120. The highest BCUT2D eigenvalue weighted by atomic mass is 32.1. The molecule has 0 aliphatic carbocycles. The number of carbonyl (C=O) groups excluding carboxylic acids is 1. The van der Waals surface area contributed by atoms with Crippen LogP contribution in [0.15, 0.2) is 24.3 Å². The number of nitrogens with two attached hydrogens (primary N) is 1. The quantitative estimate of drug-likeness (QED) is 0.787. The zero-order chi connectivity index (χ0) is 15.3. The first kappa shape index (κ1) is 16.5. The SMILES string of the molecule is CC(C(=O)Nc1cccc(C(N)=S)c1)N(C)CC(F)F. The maximum absolute atomic E-state index is 12.3. The third kappa shape index (κ3) is 4.82. The van der Waals surface area contributed by atoms with Gasteiger partial charge in [0.25, 0.3) is 6.43 Å². The summed E-state index contributed by atoms with van der Waals surface area (Å²) in [5.41, 5.74) is 6.66. The van der Waals surface area contributed by atoms with Crippen molar-refractivity contribution >= 4 is 28.8 Å². The average molecular weight is 301 g/mol. The molecule has 7 heteroatoms. The fraction of sp³-hybridized carbons (Fsp3) is 0.385. The molecule has 0 aromatic heterocycles. The number of nitrogens with zero attached hydrogens (tertiary/aromatic N) is 1. The zero-order valence-electron chi connectivity index (χ0n) is 11.3. The Labute approximate surface area is 121 Å². The topological polar surface area (TPSA) is 58.4 Å². The van der Waals surface area contributed by atoms with Gasteiger partial charge in [-0.05, 0) is 26.1 Å². The number of hydrogen-bond acceptors (Lipinski definition) is 3. The van der Waals surface area contributed by atoms with Gasteiger partial charge in [0.1, 0.15) is 4.99 Å². The second kappa shape index (κ2) is 7.25. The molecule has 0 aliphatic rings. The molecule has 1 aromatic carbocycles. The van der Waals surface area contributed by atoms with Crippen LogP contribution in [0, 0.1) is 0 Å². The molecular formula is C13H17F2N3OS. The molecule has 110 valence electrons. The molecule has 0 spiro atoms. The monoisotopic (exact) mass is 301 g/mol. The van der Waals surface area contributed by atoms with Gasteiger partial charge in [0.05, 0.1) is 12.6 Å². The second-order valence-electron chi connectivity index (χ2n) is 4.44. The van der Waals surface area contributed by atoms with Crippen LogP contribution in [0.4, 0.5) is 14.5 Å². The van der Waals surface area contributed by atoms with Gasteiger partial charge in [0.2, 0.25) is 5.91 Å². The molecule has 1 rings (SSSR count). The van der Waals surface area contributed by atoms with Gasteiger partial charge in [-0.2, -0.15) is 0 Å². The van der Waals surface area contributed by atoms with Crippen molar-refractivity contribution < 1.29 is 13.6 Å². The lowest BCUT2D eigenvalue weighted by atomic mass is 10.2. The Morgan fingerprint density at radius 3 is 2.70 bits per heavy atom. The summed E-state index contributed by atoms with van der Waals surface area (Å²) in [6.07, 6.45) is -2.48. The molecule has 0 saturated heterocycles. The van der Waals surface area contributed by atoms with Crippen molar-refractivity contribution in [1.82, 2.24) is 4.90 Å². The molecule has 3 N–H and O–H groups in total. The molecule has 4 nitrogen and oxygen atoms in total. The highest BCUT2D eigenvalue weighted by Gasteiger charge is 2.20. The summed E-state index contributed by atoms with van der Waals surface area (Å²) in [6.45, 7) is 1.11. The number of nitrogens with one attached hydrogen (secondary N) is 1. The first-order valence-electron chi connectivity index (χ1n) is 6.00. The van der Waals surface area contributed by atoms with E-state index in [1.54, 1.807) is 31.2 Å². The second-order valence-corrected chi connectivity index (χ2v) is 4.88. The average Bonchev–Trinajstić information content (AvgIpc) is 2.37. The van der Waals surface area contributed by atoms with E-state index in [-0.39, 0.29) is 10.9 Å². The minimum atomic E-state index is -2.48. The Morgan fingerprint density at radius 1 is 1.50 bits per heavy atom. The van der Waals surface area contributed by atoms with E-state index in [2.05, 4.69) is 5.32 Å². The zero-order valence-corrected chi connectivity index (χ0v) is 12.1. The van der Waals surface area contributed by atoms with Crippen LogP contribution in [0.1, 0.15) is 12.5 Å². The maximum Gasteiger partial charge on any atom is 0.251 e. The van der Waals surface area contributed by atoms with Crippen LogP contribution in [0.5, 0.6) is 0 Å². The number of likely N-dealkylation sites (N-methyl/N-ethyl adjacent to an activating group) is 1. The molecule has 0 aliphatic heterocycles. The summed E-state index contributed by atoms with van der Waals surface area (Å²) in [5.74, 6) is -0.367. The van der Waals surface area contributed by atoms with Gasteiger partial charge in [0.15, 0.2) is 0 Å². The summed E-state index contributed by atoms with van der Waals surface area (Å²) < 4.78 is 24.6. The molecule has 0 radical (unpaired) electrons. The molecule has 1 amide bonds. The molecule has 0 fully saturated rings. The van der Waals surface area contributed by atoms with Crippen molar-refractivity contribution in [2.45, 2.75) is 19.4 Å². The Morgan fingerprint density at radius 2 is 2.15 bits per heavy atom. The number of alkyl halides is 2. The van der Waals surface area contributed by atoms with Crippen molar-refractivity contribution in [3.8, 4) is 0 Å². The Balaban J connectivity index is 2.70. The third-order valence-electron chi connectivity index (χ3n) is 2.88. The van der Waals surface area contributed by atoms with Crippen LogP contribution in [0.3, 0.4) is 0 Å². The van der Waals surface area contributed by atoms with Gasteiger partial charge < -0.3 is 11.1 Å². The fourth-order valence-electron chi connectivity index (χ4n) is 1.57. The molecule has 1 aromatic rings. The molecule has 1 unspecified atom stereocenters. The Kier molecular flexibility index (Phi) is 5.97. The highest BCUT2D eigenvalue weighted by Crippen LogP contribution is 2.12. The van der Waals surface area contributed by atoms with E-state index in [1.165, 1.54) is 11.9 Å². The Hall–Kier alpha value is -1.60. The van der Waals surface area contributed by atoms with Crippen molar-refractivity contribution in [2.75, 3.05) is 18.9 Å². The van der Waals surface area contributed by atoms with Crippen LogP contribution in [-0.4, -0.2) is 41.9 Å². The van der Waals surface area contributed by atoms with Crippen molar-refractivity contribution in [2.24, 2.45) is 5.73 Å². The van der Waals surface area contributed by atoms with Crippen LogP contribution in [0.2, 0.25) is 0 Å². The first-order chi connectivity index (χ1) is 9.31. The molecule has 0 bridgehead atoms. The van der Waals surface area contributed by atoms with E-state index < -0.39 is 19.0 Å². The fourth-order valence-corrected chi connectivity index (χ4v) is 1.70. The summed E-state index contributed by atoms with van der Waals surface area (Å²) in [6, 6.07) is 6.08. The molecule has 0 saturated carbocycles. The van der Waals surface area contributed by atoms with Crippen LogP contribution in [0.25, 0.3) is 0 Å². The van der Waals surface area contributed by atoms with Gasteiger partial charge in [0, 0.05) is 11.3 Å². The van der Waals surface area contributed by atoms with Gasteiger partial charge >= 0.3 is 0 Å². The molecular weight excluding hydrogens is 284 g/mol. The summed E-state index contributed by atoms with van der Waals surface area (Å²) in [4.78, 5) is 13.5. The van der Waals surface area contributed by atoms with Gasteiger partial charge in [-0.15, -0.1) is 0 Å². The van der Waals surface area contributed by atoms with Crippen molar-refractivity contribution in [3.05, 3.63) is 29.8 Å². The number of hydrogen-bond donors (Lipinski definition) is 2. The predicted octanol–water partition coefficient (Wildman–Crippen LogP) is 1.84. The highest BCUT2D eigenvalue weighted by molar-refractivity contribution is 7.80. The normalized spacial score (nSPS) is 12.5. The maximum atomic E-state index is 12.3. The number of carbonyl (C=O) groups is 1. The standard InChI is InChI=1S/C13H17F2N3OS/c1-8(18(2)7-11(14)15)13(19)17-10-5-3-4-9(6-10)12(16)20/h3-6,8,11H,7H2,1-2H3,(H2,16,20)(H,17,19). The smallest absolute Gasteiger partial charge is 0.251 e. The third-order valence-corrected chi connectivity index (χ3v) is 3.12. The van der Waals surface area contributed by atoms with Crippen LogP contribution in [-0.2, 0) is 4.79 Å². The van der Waals surface area contributed by atoms with Gasteiger partial charge in [-0.1, -0.05) is 24.4 Å². The van der Waals surface area contributed by atoms with E-state index in [0.717, 1.165) is 0 Å². The molecule has 0 heterocycles. The lowest BCUT2D eigenvalue weighted by Gasteiger charge is -2.23. The molecule has 20 heavy (non-hydrogen) atoms. The van der Waals surface area contributed by atoms with E-state index in [9.17, 15) is 13.6 Å². The molecule has 1 atom stereocenters. The summed E-state index contributed by atoms with van der Waals surface area (Å²) in [7, 11) is 1.47. The largest absolute Gasteiger partial charge is 0.389 e. The van der Waals surface area contributed by atoms with E-state index >= 15 is 0 Å². The summed E-state index contributed by atoms with van der Waals surface area (Å²) in [5, 5.41) is 2.65.